The second kappa shape index (κ2) is 9.07. The van der Waals surface area contributed by atoms with Crippen molar-refractivity contribution in [1.29, 1.82) is 0 Å². The highest BCUT2D eigenvalue weighted by molar-refractivity contribution is 5.78. The number of benzene rings is 2. The van der Waals surface area contributed by atoms with Gasteiger partial charge in [0.2, 0.25) is 0 Å². The Morgan fingerprint density at radius 2 is 1.54 bits per heavy atom. The molecule has 0 bridgehead atoms. The molecule has 1 heterocycles. The molecule has 2 atom stereocenters. The fourth-order valence-electron chi connectivity index (χ4n) is 5.17. The Labute approximate surface area is 207 Å². The van der Waals surface area contributed by atoms with Crippen molar-refractivity contribution in [2.45, 2.75) is 57.3 Å². The third-order valence-electron chi connectivity index (χ3n) is 7.18. The number of hydrogen-bond acceptors (Lipinski definition) is 7. The first-order chi connectivity index (χ1) is 16.4. The summed E-state index contributed by atoms with van der Waals surface area (Å²) in [5.74, 6) is -0.670. The predicted molar refractivity (Wildman–Crippen MR) is 135 cm³/mol. The van der Waals surface area contributed by atoms with Gasteiger partial charge in [0.1, 0.15) is 6.10 Å². The molecule has 1 N–H and O–H groups in total. The molecule has 0 spiro atoms. The Balaban J connectivity index is 1.74. The van der Waals surface area contributed by atoms with E-state index in [0.29, 0.717) is 5.06 Å². The minimum absolute atomic E-state index is 0.130. The second-order valence-corrected chi connectivity index (χ2v) is 10.3. The molecule has 2 unspecified atom stereocenters. The third kappa shape index (κ3) is 4.43. The van der Waals surface area contributed by atoms with E-state index in [0.717, 1.165) is 22.5 Å². The van der Waals surface area contributed by atoms with E-state index in [1.807, 2.05) is 35.1 Å². The first kappa shape index (κ1) is 24.9. The number of hydrogen-bond donors (Lipinski definition) is 1. The van der Waals surface area contributed by atoms with E-state index < -0.39 is 24.4 Å². The van der Waals surface area contributed by atoms with Crippen molar-refractivity contribution in [3.05, 3.63) is 58.7 Å². The fraction of sp³-hybridized carbons (Fsp3) is 0.481. The first-order valence-corrected chi connectivity index (χ1v) is 11.9. The molecule has 8 nitrogen and oxygen atoms in total. The normalized spacial score (nSPS) is 19.6. The lowest BCUT2D eigenvalue weighted by molar-refractivity contribution is -0.201. The molecular formula is C27H35N3O5. The molecule has 1 amide bonds. The van der Waals surface area contributed by atoms with Crippen LogP contribution in [-0.2, 0) is 19.8 Å². The number of nitrogens with zero attached hydrogens (tertiary/aromatic N) is 3. The van der Waals surface area contributed by atoms with Crippen LogP contribution in [0.3, 0.4) is 0 Å². The van der Waals surface area contributed by atoms with E-state index in [9.17, 15) is 14.7 Å². The van der Waals surface area contributed by atoms with Crippen molar-refractivity contribution < 1.29 is 24.3 Å². The van der Waals surface area contributed by atoms with Crippen LogP contribution < -0.4 is 9.80 Å². The minimum atomic E-state index is -1.14. The Kier molecular flexibility index (Phi) is 6.44. The zero-order valence-corrected chi connectivity index (χ0v) is 21.5. The molecule has 2 aromatic carbocycles. The molecule has 2 aromatic rings. The zero-order chi connectivity index (χ0) is 25.7. The Hall–Kier alpha value is -3.26. The van der Waals surface area contributed by atoms with Crippen molar-refractivity contribution in [2.75, 3.05) is 38.0 Å². The van der Waals surface area contributed by atoms with Crippen LogP contribution >= 0.6 is 0 Å². The Morgan fingerprint density at radius 3 is 1.97 bits per heavy atom. The summed E-state index contributed by atoms with van der Waals surface area (Å²) in [6.07, 6.45) is -2.37. The SMILES string of the molecule is CC(OC(=O)ON1C(=O)CCC1O)C1c2ccc(N(C)C)cc2C(C)(C)c2cc(N(C)C)ccc21. The molecule has 0 aromatic heterocycles. The molecule has 1 fully saturated rings. The number of hydroxylamine groups is 2. The largest absolute Gasteiger partial charge is 0.533 e. The predicted octanol–water partition coefficient (Wildman–Crippen LogP) is 3.99. The summed E-state index contributed by atoms with van der Waals surface area (Å²) in [5.41, 5.74) is 6.43. The maximum Gasteiger partial charge on any atom is 0.533 e. The molecule has 2 aliphatic rings. The van der Waals surface area contributed by atoms with Crippen LogP contribution in [0.15, 0.2) is 36.4 Å². The van der Waals surface area contributed by atoms with Gasteiger partial charge in [-0.1, -0.05) is 26.0 Å². The molecule has 4 rings (SSSR count). The lowest BCUT2D eigenvalue weighted by Crippen LogP contribution is -2.38. The van der Waals surface area contributed by atoms with Gasteiger partial charge in [-0.15, -0.1) is 5.06 Å². The van der Waals surface area contributed by atoms with E-state index in [2.05, 4.69) is 60.0 Å². The monoisotopic (exact) mass is 481 g/mol. The summed E-state index contributed by atoms with van der Waals surface area (Å²) in [7, 11) is 8.07. The molecule has 0 radical (unpaired) electrons. The van der Waals surface area contributed by atoms with Gasteiger partial charge in [0.05, 0.1) is 0 Å². The van der Waals surface area contributed by atoms with Crippen LogP contribution in [0.4, 0.5) is 16.2 Å². The number of anilines is 2. The number of ether oxygens (including phenoxy) is 1. The average Bonchev–Trinajstić information content (AvgIpc) is 3.10. The van der Waals surface area contributed by atoms with Crippen molar-refractivity contribution in [2.24, 2.45) is 0 Å². The number of fused-ring (bicyclic) bond motifs is 2. The highest BCUT2D eigenvalue weighted by Gasteiger charge is 2.42. The lowest BCUT2D eigenvalue weighted by atomic mass is 9.64. The van der Waals surface area contributed by atoms with Gasteiger partial charge in [0.15, 0.2) is 6.23 Å². The summed E-state index contributed by atoms with van der Waals surface area (Å²) < 4.78 is 5.70. The molecule has 1 aliphatic heterocycles. The molecule has 35 heavy (non-hydrogen) atoms. The molecule has 1 aliphatic carbocycles. The van der Waals surface area contributed by atoms with Gasteiger partial charge in [-0.05, 0) is 53.4 Å². The molecule has 8 heteroatoms. The van der Waals surface area contributed by atoms with Gasteiger partial charge in [-0.2, -0.15) is 0 Å². The van der Waals surface area contributed by atoms with Gasteiger partial charge in [0.25, 0.3) is 5.91 Å². The van der Waals surface area contributed by atoms with Crippen molar-refractivity contribution >= 4 is 23.4 Å². The van der Waals surface area contributed by atoms with Crippen molar-refractivity contribution in [3.8, 4) is 0 Å². The number of amides is 1. The maximum absolute atomic E-state index is 12.6. The van der Waals surface area contributed by atoms with Crippen LogP contribution in [-0.4, -0.2) is 62.8 Å². The Morgan fingerprint density at radius 1 is 1.03 bits per heavy atom. The summed E-state index contributed by atoms with van der Waals surface area (Å²) >= 11 is 0. The number of carbonyl (C=O) groups excluding carboxylic acids is 2. The number of aliphatic hydroxyl groups is 1. The number of aliphatic hydroxyl groups excluding tert-OH is 1. The van der Waals surface area contributed by atoms with E-state index in [1.54, 1.807) is 0 Å². The molecule has 1 saturated heterocycles. The molecule has 188 valence electrons. The lowest BCUT2D eigenvalue weighted by Gasteiger charge is -2.42. The minimum Gasteiger partial charge on any atom is -0.429 e. The first-order valence-electron chi connectivity index (χ1n) is 11.9. The van der Waals surface area contributed by atoms with E-state index in [1.165, 1.54) is 11.1 Å². The quantitative estimate of drug-likeness (QED) is 0.647. The zero-order valence-electron chi connectivity index (χ0n) is 21.5. The number of rotatable bonds is 5. The molecular weight excluding hydrogens is 446 g/mol. The van der Waals surface area contributed by atoms with E-state index in [-0.39, 0.29) is 24.2 Å². The van der Waals surface area contributed by atoms with Crippen LogP contribution in [0.25, 0.3) is 0 Å². The van der Waals surface area contributed by atoms with Crippen LogP contribution in [0.2, 0.25) is 0 Å². The fourth-order valence-corrected chi connectivity index (χ4v) is 5.17. The standard InChI is InChI=1S/C27H35N3O5/c1-16(34-26(33)35-30-23(31)12-13-24(30)32)25-19-10-8-17(28(4)5)14-21(19)27(2,3)22-15-18(29(6)7)9-11-20(22)25/h8-11,14-16,23,25,31H,12-13H2,1-7H3. The smallest absolute Gasteiger partial charge is 0.429 e. The summed E-state index contributed by atoms with van der Waals surface area (Å²) in [6.45, 7) is 6.28. The van der Waals surface area contributed by atoms with Gasteiger partial charge in [0, 0.05) is 63.7 Å². The van der Waals surface area contributed by atoms with Gasteiger partial charge < -0.3 is 24.5 Å². The molecule has 0 saturated carbocycles. The average molecular weight is 482 g/mol. The Bertz CT molecular complexity index is 1080. The summed E-state index contributed by atoms with van der Waals surface area (Å²) in [5, 5.41) is 10.6. The van der Waals surface area contributed by atoms with Crippen LogP contribution in [0.1, 0.15) is 61.8 Å². The summed E-state index contributed by atoms with van der Waals surface area (Å²) in [6, 6.07) is 12.8. The van der Waals surface area contributed by atoms with Crippen LogP contribution in [0, 0.1) is 0 Å². The third-order valence-corrected chi connectivity index (χ3v) is 7.18. The highest BCUT2D eigenvalue weighted by atomic mass is 16.8. The van der Waals surface area contributed by atoms with Crippen molar-refractivity contribution in [3.63, 3.8) is 0 Å². The maximum atomic E-state index is 12.6. The topological polar surface area (TPSA) is 82.5 Å². The van der Waals surface area contributed by atoms with Crippen LogP contribution in [0.5, 0.6) is 0 Å². The van der Waals surface area contributed by atoms with Crippen molar-refractivity contribution in [1.82, 2.24) is 5.06 Å². The summed E-state index contributed by atoms with van der Waals surface area (Å²) in [4.78, 5) is 33.8. The van der Waals surface area contributed by atoms with Gasteiger partial charge in [-0.25, -0.2) is 4.79 Å². The highest BCUT2D eigenvalue weighted by Crippen LogP contribution is 2.50. The van der Waals surface area contributed by atoms with Gasteiger partial charge >= 0.3 is 6.16 Å². The van der Waals surface area contributed by atoms with E-state index in [4.69, 9.17) is 9.57 Å². The number of carbonyl (C=O) groups is 2. The van der Waals surface area contributed by atoms with Gasteiger partial charge in [-0.3, -0.25) is 4.79 Å². The second-order valence-electron chi connectivity index (χ2n) is 10.3. The van der Waals surface area contributed by atoms with E-state index >= 15 is 0 Å².